The van der Waals surface area contributed by atoms with Crippen molar-refractivity contribution < 1.29 is 5.11 Å². The second kappa shape index (κ2) is 5.01. The number of nitrogens with two attached hydrogens (primary N) is 1. The van der Waals surface area contributed by atoms with Crippen LogP contribution >= 0.6 is 0 Å². The van der Waals surface area contributed by atoms with Crippen molar-refractivity contribution in [2.24, 2.45) is 0 Å². The second-order valence-corrected chi connectivity index (χ2v) is 6.83. The van der Waals surface area contributed by atoms with Gasteiger partial charge in [-0.3, -0.25) is 4.98 Å². The quantitative estimate of drug-likeness (QED) is 0.888. The fourth-order valence-electron chi connectivity index (χ4n) is 4.11. The maximum absolute atomic E-state index is 9.61. The number of nitrogens with zero attached hydrogens (tertiary/aromatic N) is 1. The number of pyridine rings is 1. The fraction of sp³-hybridized carbons (Fsp3) is 0.421. The Bertz CT molecular complexity index is 738. The summed E-state index contributed by atoms with van der Waals surface area (Å²) < 4.78 is 0. The van der Waals surface area contributed by atoms with Gasteiger partial charge in [-0.25, -0.2) is 0 Å². The van der Waals surface area contributed by atoms with Gasteiger partial charge < -0.3 is 10.8 Å². The van der Waals surface area contributed by atoms with E-state index in [4.69, 9.17) is 10.7 Å². The van der Waals surface area contributed by atoms with E-state index in [1.165, 1.54) is 28.8 Å². The predicted octanol–water partition coefficient (Wildman–Crippen LogP) is 3.69. The molecule has 0 aliphatic heterocycles. The van der Waals surface area contributed by atoms with Crippen molar-refractivity contribution >= 4 is 5.69 Å². The van der Waals surface area contributed by atoms with E-state index in [1.54, 1.807) is 6.07 Å². The third-order valence-corrected chi connectivity index (χ3v) is 5.32. The molecule has 2 unspecified atom stereocenters. The summed E-state index contributed by atoms with van der Waals surface area (Å²) in [7, 11) is 0. The van der Waals surface area contributed by atoms with Crippen molar-refractivity contribution in [2.75, 3.05) is 5.73 Å². The highest BCUT2D eigenvalue weighted by Gasteiger charge is 2.26. The van der Waals surface area contributed by atoms with Crippen LogP contribution in [0.2, 0.25) is 0 Å². The molecular weight excluding hydrogens is 272 g/mol. The topological polar surface area (TPSA) is 59.1 Å². The third-order valence-electron chi connectivity index (χ3n) is 5.32. The van der Waals surface area contributed by atoms with E-state index < -0.39 is 0 Å². The van der Waals surface area contributed by atoms with Crippen molar-refractivity contribution in [3.8, 4) is 5.75 Å². The molecule has 0 fully saturated rings. The van der Waals surface area contributed by atoms with Gasteiger partial charge in [0.05, 0.1) is 0 Å². The van der Waals surface area contributed by atoms with Gasteiger partial charge in [-0.15, -0.1) is 0 Å². The van der Waals surface area contributed by atoms with Crippen molar-refractivity contribution in [3.05, 3.63) is 52.3 Å². The van der Waals surface area contributed by atoms with Gasteiger partial charge in [-0.2, -0.15) is 0 Å². The zero-order valence-electron chi connectivity index (χ0n) is 13.0. The van der Waals surface area contributed by atoms with Crippen molar-refractivity contribution in [2.45, 2.75) is 50.9 Å². The number of nitrogen functional groups attached to an aromatic ring is 1. The highest BCUT2D eigenvalue weighted by molar-refractivity contribution is 5.53. The zero-order valence-corrected chi connectivity index (χ0v) is 13.0. The van der Waals surface area contributed by atoms with E-state index in [9.17, 15) is 5.11 Å². The molecule has 4 rings (SSSR count). The van der Waals surface area contributed by atoms with E-state index in [0.717, 1.165) is 37.1 Å². The third kappa shape index (κ3) is 2.16. The number of aryl methyl sites for hydroxylation is 1. The first-order chi connectivity index (χ1) is 10.6. The Labute approximate surface area is 131 Å². The molecule has 2 atom stereocenters. The summed E-state index contributed by atoms with van der Waals surface area (Å²) >= 11 is 0. The number of hydrogen-bond donors (Lipinski definition) is 2. The molecule has 0 bridgehead atoms. The predicted molar refractivity (Wildman–Crippen MR) is 88.3 cm³/mol. The molecule has 3 nitrogen and oxygen atoms in total. The maximum atomic E-state index is 9.61. The minimum absolute atomic E-state index is 0.369. The number of aromatic nitrogens is 1. The molecule has 114 valence electrons. The van der Waals surface area contributed by atoms with E-state index in [-0.39, 0.29) is 0 Å². The lowest BCUT2D eigenvalue weighted by Crippen LogP contribution is -2.06. The Balaban J connectivity index is 1.64. The van der Waals surface area contributed by atoms with Crippen LogP contribution in [0.25, 0.3) is 0 Å². The summed E-state index contributed by atoms with van der Waals surface area (Å²) in [5.41, 5.74) is 13.4. The molecule has 2 aliphatic rings. The molecular formula is C19H22N2O. The van der Waals surface area contributed by atoms with Crippen LogP contribution in [0.3, 0.4) is 0 Å². The molecule has 22 heavy (non-hydrogen) atoms. The second-order valence-electron chi connectivity index (χ2n) is 6.83. The molecule has 2 aromatic rings. The lowest BCUT2D eigenvalue weighted by molar-refractivity contribution is 0.474. The average Bonchev–Trinajstić information content (AvgIpc) is 3.04. The molecule has 0 spiro atoms. The summed E-state index contributed by atoms with van der Waals surface area (Å²) in [6, 6.07) is 7.85. The van der Waals surface area contributed by atoms with Crippen molar-refractivity contribution in [1.82, 2.24) is 4.98 Å². The fourth-order valence-corrected chi connectivity index (χ4v) is 4.11. The van der Waals surface area contributed by atoms with Gasteiger partial charge in [0.15, 0.2) is 0 Å². The Morgan fingerprint density at radius 2 is 2.09 bits per heavy atom. The van der Waals surface area contributed by atoms with Crippen LogP contribution in [-0.4, -0.2) is 10.1 Å². The number of rotatable bonds is 2. The number of phenols is 1. The van der Waals surface area contributed by atoms with E-state index >= 15 is 0 Å². The van der Waals surface area contributed by atoms with E-state index in [2.05, 4.69) is 19.1 Å². The number of aromatic hydroxyl groups is 1. The van der Waals surface area contributed by atoms with Crippen LogP contribution in [0.5, 0.6) is 5.75 Å². The molecule has 0 radical (unpaired) electrons. The van der Waals surface area contributed by atoms with Gasteiger partial charge in [-0.05, 0) is 78.8 Å². The molecule has 3 heteroatoms. The molecule has 1 aromatic carbocycles. The molecule has 2 aliphatic carbocycles. The number of phenolic OH excluding ortho intramolecular Hbond substituents is 1. The van der Waals surface area contributed by atoms with Gasteiger partial charge in [0.25, 0.3) is 0 Å². The summed E-state index contributed by atoms with van der Waals surface area (Å²) in [6.07, 6.45) is 5.36. The Morgan fingerprint density at radius 1 is 1.23 bits per heavy atom. The van der Waals surface area contributed by atoms with Gasteiger partial charge in [0.1, 0.15) is 5.75 Å². The molecule has 0 saturated carbocycles. The average molecular weight is 294 g/mol. The van der Waals surface area contributed by atoms with E-state index in [0.29, 0.717) is 17.6 Å². The number of benzene rings is 1. The SMILES string of the molecule is CC1CCc2c(N)cc(CC3CCc4cc(O)ccc43)nc21. The molecule has 0 saturated heterocycles. The van der Waals surface area contributed by atoms with Crippen LogP contribution in [0.15, 0.2) is 24.3 Å². The summed E-state index contributed by atoms with van der Waals surface area (Å²) in [5.74, 6) is 1.40. The normalized spacial score (nSPS) is 22.6. The van der Waals surface area contributed by atoms with E-state index in [1.807, 2.05) is 6.07 Å². The first-order valence-corrected chi connectivity index (χ1v) is 8.21. The standard InChI is InChI=1S/C19H22N2O/c1-11-2-6-17-18(20)10-14(21-19(11)17)8-12-3-4-13-9-15(22)5-7-16(12)13/h5,7,9-12,22H,2-4,6,8H2,1H3,(H2,20,21). The minimum Gasteiger partial charge on any atom is -0.508 e. The lowest BCUT2D eigenvalue weighted by atomic mass is 9.95. The first-order valence-electron chi connectivity index (χ1n) is 8.21. The van der Waals surface area contributed by atoms with Crippen LogP contribution in [0, 0.1) is 0 Å². The minimum atomic E-state index is 0.369. The van der Waals surface area contributed by atoms with Crippen molar-refractivity contribution in [3.63, 3.8) is 0 Å². The van der Waals surface area contributed by atoms with Crippen LogP contribution < -0.4 is 5.73 Å². The van der Waals surface area contributed by atoms with Crippen molar-refractivity contribution in [1.29, 1.82) is 0 Å². The molecule has 3 N–H and O–H groups in total. The highest BCUT2D eigenvalue weighted by atomic mass is 16.3. The summed E-state index contributed by atoms with van der Waals surface area (Å²) in [6.45, 7) is 2.25. The number of fused-ring (bicyclic) bond motifs is 2. The van der Waals surface area contributed by atoms with Gasteiger partial charge in [-0.1, -0.05) is 13.0 Å². The number of anilines is 1. The van der Waals surface area contributed by atoms with Crippen LogP contribution in [0.1, 0.15) is 59.7 Å². The Kier molecular flexibility index (Phi) is 3.10. The van der Waals surface area contributed by atoms with Gasteiger partial charge in [0, 0.05) is 17.1 Å². The number of hydrogen-bond acceptors (Lipinski definition) is 3. The maximum Gasteiger partial charge on any atom is 0.115 e. The zero-order chi connectivity index (χ0) is 15.3. The molecule has 1 heterocycles. The Hall–Kier alpha value is -2.03. The van der Waals surface area contributed by atoms with Crippen LogP contribution in [0.4, 0.5) is 5.69 Å². The monoisotopic (exact) mass is 294 g/mol. The largest absolute Gasteiger partial charge is 0.508 e. The van der Waals surface area contributed by atoms with Gasteiger partial charge >= 0.3 is 0 Å². The lowest BCUT2D eigenvalue weighted by Gasteiger charge is -2.14. The summed E-state index contributed by atoms with van der Waals surface area (Å²) in [5, 5.41) is 9.61. The van der Waals surface area contributed by atoms with Gasteiger partial charge in [0.2, 0.25) is 0 Å². The first kappa shape index (κ1) is 13.6. The smallest absolute Gasteiger partial charge is 0.115 e. The highest BCUT2D eigenvalue weighted by Crippen LogP contribution is 2.39. The summed E-state index contributed by atoms with van der Waals surface area (Å²) in [4.78, 5) is 4.92. The van der Waals surface area contributed by atoms with Crippen LogP contribution in [-0.2, 0) is 19.3 Å². The molecule has 1 aromatic heterocycles. The molecule has 0 amide bonds. The Morgan fingerprint density at radius 3 is 2.95 bits per heavy atom.